The quantitative estimate of drug-likeness (QED) is 0.634. The van der Waals surface area contributed by atoms with Gasteiger partial charge in [0, 0.05) is 12.4 Å². The predicted octanol–water partition coefficient (Wildman–Crippen LogP) is 0.299. The molecule has 1 N–H and O–H groups in total. The molecular formula is C6H7N5. The van der Waals surface area contributed by atoms with Crippen molar-refractivity contribution in [2.24, 2.45) is 0 Å². The lowest BCUT2D eigenvalue weighted by Gasteiger charge is -1.88. The molecule has 56 valence electrons. The van der Waals surface area contributed by atoms with E-state index < -0.39 is 0 Å². The number of hydrogen-bond donors (Lipinski definition) is 1. The van der Waals surface area contributed by atoms with Crippen molar-refractivity contribution in [3.8, 4) is 5.95 Å². The Bertz CT molecular complexity index is 333. The lowest BCUT2D eigenvalue weighted by Crippen LogP contribution is -1.96. The van der Waals surface area contributed by atoms with Crippen molar-refractivity contribution in [1.29, 1.82) is 0 Å². The number of hydrogen-bond acceptors (Lipinski definition) is 3. The molecule has 0 bridgehead atoms. The van der Waals surface area contributed by atoms with Gasteiger partial charge in [0.1, 0.15) is 5.82 Å². The van der Waals surface area contributed by atoms with E-state index in [9.17, 15) is 0 Å². The summed E-state index contributed by atoms with van der Waals surface area (Å²) >= 11 is 0. The van der Waals surface area contributed by atoms with Crippen molar-refractivity contribution in [3.05, 3.63) is 24.3 Å². The van der Waals surface area contributed by atoms with Crippen LogP contribution in [0.3, 0.4) is 0 Å². The Morgan fingerprint density at radius 2 is 2.45 bits per heavy atom. The molecule has 0 radical (unpaired) electrons. The van der Waals surface area contributed by atoms with Crippen molar-refractivity contribution in [2.75, 3.05) is 0 Å². The Kier molecular flexibility index (Phi) is 1.21. The average Bonchev–Trinajstić information content (AvgIpc) is 2.55. The van der Waals surface area contributed by atoms with Crippen molar-refractivity contribution >= 4 is 0 Å². The van der Waals surface area contributed by atoms with E-state index in [1.54, 1.807) is 17.1 Å². The van der Waals surface area contributed by atoms with Crippen LogP contribution < -0.4 is 0 Å². The molecule has 11 heavy (non-hydrogen) atoms. The van der Waals surface area contributed by atoms with Gasteiger partial charge >= 0.3 is 0 Å². The number of nitrogens with zero attached hydrogens (tertiary/aromatic N) is 4. The van der Waals surface area contributed by atoms with E-state index in [4.69, 9.17) is 0 Å². The molecule has 2 heterocycles. The topological polar surface area (TPSA) is 59.4 Å². The molecule has 0 aliphatic carbocycles. The summed E-state index contributed by atoms with van der Waals surface area (Å²) in [7, 11) is 0. The van der Waals surface area contributed by atoms with Crippen LogP contribution in [0.15, 0.2) is 18.5 Å². The first-order valence-corrected chi connectivity index (χ1v) is 3.25. The molecule has 0 aliphatic heterocycles. The molecule has 5 nitrogen and oxygen atoms in total. The minimum Gasteiger partial charge on any atom is -0.261 e. The highest BCUT2D eigenvalue weighted by atomic mass is 15.4. The highest BCUT2D eigenvalue weighted by Crippen LogP contribution is 1.96. The summed E-state index contributed by atoms with van der Waals surface area (Å²) in [6.07, 6.45) is 3.48. The smallest absolute Gasteiger partial charge is 0.261 e. The molecule has 0 fully saturated rings. The van der Waals surface area contributed by atoms with Gasteiger partial charge in [0.25, 0.3) is 5.95 Å². The third kappa shape index (κ3) is 1.000. The van der Waals surface area contributed by atoms with Gasteiger partial charge in [-0.25, -0.2) is 4.68 Å². The number of aromatic amines is 1. The number of aryl methyl sites for hydroxylation is 1. The van der Waals surface area contributed by atoms with Crippen LogP contribution in [0.2, 0.25) is 0 Å². The highest BCUT2D eigenvalue weighted by molar-refractivity contribution is 5.06. The van der Waals surface area contributed by atoms with Gasteiger partial charge in [-0.3, -0.25) is 5.10 Å². The van der Waals surface area contributed by atoms with Crippen molar-refractivity contribution in [2.45, 2.75) is 6.92 Å². The van der Waals surface area contributed by atoms with Crippen LogP contribution in [0, 0.1) is 6.92 Å². The highest BCUT2D eigenvalue weighted by Gasteiger charge is 1.99. The maximum absolute atomic E-state index is 4.09. The van der Waals surface area contributed by atoms with Crippen LogP contribution in [0.5, 0.6) is 0 Å². The molecule has 0 saturated carbocycles. The monoisotopic (exact) mass is 149 g/mol. The molecule has 0 amide bonds. The fourth-order valence-electron chi connectivity index (χ4n) is 0.820. The van der Waals surface area contributed by atoms with E-state index in [1.165, 1.54) is 0 Å². The Morgan fingerprint density at radius 3 is 3.00 bits per heavy atom. The van der Waals surface area contributed by atoms with Gasteiger partial charge in [-0.2, -0.15) is 10.1 Å². The zero-order chi connectivity index (χ0) is 7.68. The standard InChI is InChI=1S/C6H7N5/c1-5-8-6(10-9-5)11-4-2-3-7-11/h2-4H,1H3,(H,8,9,10). The summed E-state index contributed by atoms with van der Waals surface area (Å²) in [6, 6.07) is 1.83. The first-order valence-electron chi connectivity index (χ1n) is 3.25. The van der Waals surface area contributed by atoms with Crippen LogP contribution in [0.4, 0.5) is 0 Å². The van der Waals surface area contributed by atoms with E-state index in [-0.39, 0.29) is 0 Å². The molecule has 0 saturated heterocycles. The number of rotatable bonds is 1. The molecule has 0 unspecified atom stereocenters. The summed E-state index contributed by atoms with van der Waals surface area (Å²) < 4.78 is 1.60. The van der Waals surface area contributed by atoms with Gasteiger partial charge in [-0.15, -0.1) is 5.10 Å². The fraction of sp³-hybridized carbons (Fsp3) is 0.167. The SMILES string of the molecule is Cc1nc(-n2cccn2)n[nH]1. The van der Waals surface area contributed by atoms with E-state index >= 15 is 0 Å². The third-order valence-electron chi connectivity index (χ3n) is 1.29. The first-order chi connectivity index (χ1) is 5.36. The third-order valence-corrected chi connectivity index (χ3v) is 1.29. The summed E-state index contributed by atoms with van der Waals surface area (Å²) in [5, 5.41) is 10.6. The van der Waals surface area contributed by atoms with Crippen LogP contribution in [0.1, 0.15) is 5.82 Å². The molecule has 2 aromatic rings. The second-order valence-electron chi connectivity index (χ2n) is 2.17. The van der Waals surface area contributed by atoms with E-state index in [2.05, 4.69) is 20.3 Å². The molecule has 2 rings (SSSR count). The van der Waals surface area contributed by atoms with E-state index in [0.29, 0.717) is 5.95 Å². The minimum absolute atomic E-state index is 0.576. The Hall–Kier alpha value is -1.65. The van der Waals surface area contributed by atoms with Crippen molar-refractivity contribution < 1.29 is 0 Å². The Labute approximate surface area is 63.1 Å². The fourth-order valence-corrected chi connectivity index (χ4v) is 0.820. The van der Waals surface area contributed by atoms with Gasteiger partial charge in [-0.1, -0.05) is 0 Å². The lowest BCUT2D eigenvalue weighted by atomic mass is 10.7. The van der Waals surface area contributed by atoms with Gasteiger partial charge in [0.05, 0.1) is 0 Å². The van der Waals surface area contributed by atoms with Crippen LogP contribution >= 0.6 is 0 Å². The molecule has 5 heteroatoms. The van der Waals surface area contributed by atoms with Gasteiger partial charge in [-0.05, 0) is 13.0 Å². The molecule has 0 atom stereocenters. The molecular weight excluding hydrogens is 142 g/mol. The van der Waals surface area contributed by atoms with Crippen molar-refractivity contribution in [3.63, 3.8) is 0 Å². The van der Waals surface area contributed by atoms with E-state index in [1.807, 2.05) is 13.0 Å². The zero-order valence-electron chi connectivity index (χ0n) is 6.02. The second kappa shape index (κ2) is 2.19. The second-order valence-corrected chi connectivity index (χ2v) is 2.17. The molecule has 0 spiro atoms. The summed E-state index contributed by atoms with van der Waals surface area (Å²) in [4.78, 5) is 4.09. The largest absolute Gasteiger partial charge is 0.269 e. The summed E-state index contributed by atoms with van der Waals surface area (Å²) in [5.41, 5.74) is 0. The minimum atomic E-state index is 0.576. The maximum atomic E-state index is 4.09. The maximum Gasteiger partial charge on any atom is 0.269 e. The van der Waals surface area contributed by atoms with Crippen LogP contribution in [0.25, 0.3) is 5.95 Å². The van der Waals surface area contributed by atoms with Gasteiger partial charge in [0.2, 0.25) is 0 Å². The molecule has 2 aromatic heterocycles. The molecule has 0 aliphatic rings. The average molecular weight is 149 g/mol. The predicted molar refractivity (Wildman–Crippen MR) is 38.2 cm³/mol. The number of aromatic nitrogens is 5. The van der Waals surface area contributed by atoms with Crippen LogP contribution in [-0.4, -0.2) is 25.0 Å². The van der Waals surface area contributed by atoms with Gasteiger partial charge in [0.15, 0.2) is 0 Å². The van der Waals surface area contributed by atoms with Gasteiger partial charge < -0.3 is 0 Å². The van der Waals surface area contributed by atoms with Crippen LogP contribution in [-0.2, 0) is 0 Å². The summed E-state index contributed by atoms with van der Waals surface area (Å²) in [5.74, 6) is 1.36. The lowest BCUT2D eigenvalue weighted by molar-refractivity contribution is 0.813. The number of H-pyrrole nitrogens is 1. The first kappa shape index (κ1) is 6.09. The molecule has 0 aromatic carbocycles. The zero-order valence-corrected chi connectivity index (χ0v) is 6.02. The van der Waals surface area contributed by atoms with Crippen molar-refractivity contribution in [1.82, 2.24) is 25.0 Å². The Balaban J connectivity index is 2.45. The Morgan fingerprint density at radius 1 is 1.55 bits per heavy atom. The normalized spacial score (nSPS) is 10.3. The number of nitrogens with one attached hydrogen (secondary N) is 1. The van der Waals surface area contributed by atoms with E-state index in [0.717, 1.165) is 5.82 Å². The summed E-state index contributed by atoms with van der Waals surface area (Å²) in [6.45, 7) is 1.85.